The third kappa shape index (κ3) is 1.85. The van der Waals surface area contributed by atoms with Crippen molar-refractivity contribution >= 4 is 11.3 Å². The zero-order valence-corrected chi connectivity index (χ0v) is 9.52. The summed E-state index contributed by atoms with van der Waals surface area (Å²) >= 11 is 1.91. The number of hydrogen-bond donors (Lipinski definition) is 1. The molecule has 0 saturated heterocycles. The Hall–Kier alpha value is -0.380. The monoisotopic (exact) mass is 210 g/mol. The first-order valence-corrected chi connectivity index (χ1v) is 6.17. The van der Waals surface area contributed by atoms with Crippen molar-refractivity contribution in [2.24, 2.45) is 5.73 Å². The molecule has 0 aliphatic carbocycles. The van der Waals surface area contributed by atoms with Crippen LogP contribution in [0.2, 0.25) is 0 Å². The van der Waals surface area contributed by atoms with E-state index >= 15 is 0 Å². The summed E-state index contributed by atoms with van der Waals surface area (Å²) in [5, 5.41) is 2.22. The van der Waals surface area contributed by atoms with Gasteiger partial charge >= 0.3 is 0 Å². The van der Waals surface area contributed by atoms with Gasteiger partial charge in [0.25, 0.3) is 0 Å². The Balaban J connectivity index is 2.14. The van der Waals surface area contributed by atoms with E-state index in [1.165, 1.54) is 19.4 Å². The van der Waals surface area contributed by atoms with Crippen LogP contribution in [0.5, 0.6) is 0 Å². The average Bonchev–Trinajstić information content (AvgIpc) is 2.64. The molecule has 2 nitrogen and oxygen atoms in total. The number of hydrogen-bond acceptors (Lipinski definition) is 3. The largest absolute Gasteiger partial charge is 0.330 e. The van der Waals surface area contributed by atoms with Crippen molar-refractivity contribution in [3.05, 3.63) is 21.9 Å². The average molecular weight is 210 g/mol. The molecule has 0 radical (unpaired) electrons. The van der Waals surface area contributed by atoms with Crippen LogP contribution >= 0.6 is 11.3 Å². The number of nitrogens with two attached hydrogens (primary N) is 1. The van der Waals surface area contributed by atoms with Crippen LogP contribution in [0, 0.1) is 0 Å². The number of rotatable bonds is 3. The van der Waals surface area contributed by atoms with Gasteiger partial charge in [-0.1, -0.05) is 0 Å². The molecule has 0 saturated carbocycles. The van der Waals surface area contributed by atoms with Gasteiger partial charge in [-0.2, -0.15) is 0 Å². The molecule has 3 heteroatoms. The Morgan fingerprint density at radius 3 is 3.29 bits per heavy atom. The van der Waals surface area contributed by atoms with E-state index in [2.05, 4.69) is 23.4 Å². The quantitative estimate of drug-likeness (QED) is 0.827. The van der Waals surface area contributed by atoms with Crippen molar-refractivity contribution in [1.82, 2.24) is 4.90 Å². The lowest BCUT2D eigenvalue weighted by molar-refractivity contribution is 0.219. The Labute approximate surface area is 89.7 Å². The number of fused-ring (bicyclic) bond motifs is 1. The van der Waals surface area contributed by atoms with Crippen LogP contribution in [0.1, 0.15) is 29.3 Å². The third-order valence-electron chi connectivity index (χ3n) is 3.04. The van der Waals surface area contributed by atoms with Crippen LogP contribution in [-0.2, 0) is 6.42 Å². The van der Waals surface area contributed by atoms with Gasteiger partial charge in [0.1, 0.15) is 0 Å². The van der Waals surface area contributed by atoms with E-state index in [9.17, 15) is 0 Å². The maximum absolute atomic E-state index is 5.57. The van der Waals surface area contributed by atoms with Gasteiger partial charge in [-0.3, -0.25) is 4.90 Å². The first-order valence-electron chi connectivity index (χ1n) is 5.29. The first-order chi connectivity index (χ1) is 6.83. The summed E-state index contributed by atoms with van der Waals surface area (Å²) in [5.74, 6) is 0. The summed E-state index contributed by atoms with van der Waals surface area (Å²) in [6.07, 6.45) is 3.56. The molecule has 78 valence electrons. The van der Waals surface area contributed by atoms with Crippen molar-refractivity contribution in [2.75, 3.05) is 20.1 Å². The Bertz CT molecular complexity index is 295. The fourth-order valence-corrected chi connectivity index (χ4v) is 3.14. The highest BCUT2D eigenvalue weighted by molar-refractivity contribution is 7.10. The molecule has 0 fully saturated rings. The second-order valence-electron chi connectivity index (χ2n) is 3.98. The summed E-state index contributed by atoms with van der Waals surface area (Å²) in [4.78, 5) is 4.05. The minimum Gasteiger partial charge on any atom is -0.330 e. The minimum absolute atomic E-state index is 0.619. The molecule has 0 aromatic carbocycles. The molecule has 0 spiro atoms. The molecular weight excluding hydrogens is 192 g/mol. The van der Waals surface area contributed by atoms with Crippen molar-refractivity contribution in [2.45, 2.75) is 25.3 Å². The molecular formula is C11H18N2S. The van der Waals surface area contributed by atoms with Gasteiger partial charge in [0.05, 0.1) is 0 Å². The molecule has 0 amide bonds. The van der Waals surface area contributed by atoms with Gasteiger partial charge in [0.2, 0.25) is 0 Å². The zero-order valence-electron chi connectivity index (χ0n) is 8.70. The van der Waals surface area contributed by atoms with E-state index in [-0.39, 0.29) is 0 Å². The van der Waals surface area contributed by atoms with Gasteiger partial charge in [0.15, 0.2) is 0 Å². The van der Waals surface area contributed by atoms with Crippen LogP contribution in [0.25, 0.3) is 0 Å². The topological polar surface area (TPSA) is 29.3 Å². The third-order valence-corrected chi connectivity index (χ3v) is 4.04. The van der Waals surface area contributed by atoms with Crippen LogP contribution < -0.4 is 5.73 Å². The molecule has 1 aliphatic rings. The van der Waals surface area contributed by atoms with Gasteiger partial charge in [0, 0.05) is 17.5 Å². The molecule has 2 heterocycles. The summed E-state index contributed by atoms with van der Waals surface area (Å²) in [5.41, 5.74) is 7.12. The van der Waals surface area contributed by atoms with Gasteiger partial charge < -0.3 is 5.73 Å². The summed E-state index contributed by atoms with van der Waals surface area (Å²) in [7, 11) is 2.22. The smallest absolute Gasteiger partial charge is 0.0356 e. The summed E-state index contributed by atoms with van der Waals surface area (Å²) in [6, 6.07) is 2.91. The predicted octanol–water partition coefficient (Wildman–Crippen LogP) is 2.02. The summed E-state index contributed by atoms with van der Waals surface area (Å²) in [6.45, 7) is 2.01. The second-order valence-corrected chi connectivity index (χ2v) is 4.98. The first kappa shape index (κ1) is 10.1. The molecule has 1 aromatic rings. The summed E-state index contributed by atoms with van der Waals surface area (Å²) < 4.78 is 0. The Morgan fingerprint density at radius 1 is 1.64 bits per heavy atom. The molecule has 1 atom stereocenters. The second kappa shape index (κ2) is 4.43. The van der Waals surface area contributed by atoms with Crippen molar-refractivity contribution in [1.29, 1.82) is 0 Å². The van der Waals surface area contributed by atoms with Crippen LogP contribution in [0.4, 0.5) is 0 Å². The fraction of sp³-hybridized carbons (Fsp3) is 0.636. The van der Waals surface area contributed by atoms with Crippen LogP contribution in [0.3, 0.4) is 0 Å². The van der Waals surface area contributed by atoms with E-state index in [4.69, 9.17) is 5.73 Å². The molecule has 0 bridgehead atoms. The maximum atomic E-state index is 5.57. The normalized spacial score (nSPS) is 22.3. The molecule has 1 aliphatic heterocycles. The Kier molecular flexibility index (Phi) is 3.21. The molecule has 2 N–H and O–H groups in total. The van der Waals surface area contributed by atoms with Crippen molar-refractivity contribution in [3.63, 3.8) is 0 Å². The van der Waals surface area contributed by atoms with E-state index in [1.807, 2.05) is 11.3 Å². The number of nitrogens with zero attached hydrogens (tertiary/aromatic N) is 1. The highest BCUT2D eigenvalue weighted by Gasteiger charge is 2.24. The van der Waals surface area contributed by atoms with Gasteiger partial charge in [-0.25, -0.2) is 0 Å². The highest BCUT2D eigenvalue weighted by atomic mass is 32.1. The molecule has 1 unspecified atom stereocenters. The van der Waals surface area contributed by atoms with Gasteiger partial charge in [-0.15, -0.1) is 11.3 Å². The highest BCUT2D eigenvalue weighted by Crippen LogP contribution is 2.34. The molecule has 14 heavy (non-hydrogen) atoms. The van der Waals surface area contributed by atoms with Crippen LogP contribution in [0.15, 0.2) is 11.4 Å². The fourth-order valence-electron chi connectivity index (χ4n) is 2.21. The SMILES string of the molecule is CN1CCc2sccc2C1CCCN. The molecule has 2 rings (SSSR count). The maximum Gasteiger partial charge on any atom is 0.0356 e. The van der Waals surface area contributed by atoms with Crippen molar-refractivity contribution in [3.8, 4) is 0 Å². The van der Waals surface area contributed by atoms with E-state index in [0.717, 1.165) is 13.0 Å². The lowest BCUT2D eigenvalue weighted by atomic mass is 9.96. The standard InChI is InChI=1S/C11H18N2S/c1-13-7-4-11-9(5-8-14-11)10(13)3-2-6-12/h5,8,10H,2-4,6-7,12H2,1H3. The lowest BCUT2D eigenvalue weighted by Gasteiger charge is -2.32. The number of thiophene rings is 1. The van der Waals surface area contributed by atoms with Crippen molar-refractivity contribution < 1.29 is 0 Å². The van der Waals surface area contributed by atoms with E-state index in [0.29, 0.717) is 6.04 Å². The Morgan fingerprint density at radius 2 is 2.50 bits per heavy atom. The van der Waals surface area contributed by atoms with Gasteiger partial charge in [-0.05, 0) is 49.9 Å². The predicted molar refractivity (Wildman–Crippen MR) is 61.7 cm³/mol. The van der Waals surface area contributed by atoms with Crippen LogP contribution in [-0.4, -0.2) is 25.0 Å². The molecule has 1 aromatic heterocycles. The zero-order chi connectivity index (χ0) is 9.97. The number of likely N-dealkylation sites (N-methyl/N-ethyl adjacent to an activating group) is 1. The lowest BCUT2D eigenvalue weighted by Crippen LogP contribution is -2.31. The van der Waals surface area contributed by atoms with E-state index < -0.39 is 0 Å². The van der Waals surface area contributed by atoms with E-state index in [1.54, 1.807) is 10.4 Å². The minimum atomic E-state index is 0.619.